The lowest BCUT2D eigenvalue weighted by Gasteiger charge is -2.19. The molecule has 0 bridgehead atoms. The fraction of sp³-hybridized carbons (Fsp3) is 0.632. The lowest BCUT2D eigenvalue weighted by atomic mass is 10.1. The van der Waals surface area contributed by atoms with Crippen LogP contribution in [0.2, 0.25) is 0 Å². The first kappa shape index (κ1) is 45.5. The van der Waals surface area contributed by atoms with Crippen LogP contribution < -0.4 is 5.73 Å². The highest BCUT2D eigenvalue weighted by atomic mass is 31.2. The van der Waals surface area contributed by atoms with Crippen LogP contribution in [0.15, 0.2) is 72.9 Å². The predicted molar refractivity (Wildman–Crippen MR) is 196 cm³/mol. The van der Waals surface area contributed by atoms with Crippen molar-refractivity contribution in [2.45, 2.75) is 129 Å². The summed E-state index contributed by atoms with van der Waals surface area (Å²) in [5, 5.41) is 0. The van der Waals surface area contributed by atoms with Gasteiger partial charge in [0.1, 0.15) is 6.61 Å². The summed E-state index contributed by atoms with van der Waals surface area (Å²) in [5.41, 5.74) is 5.31. The van der Waals surface area contributed by atoms with Crippen molar-refractivity contribution >= 4 is 19.8 Å². The van der Waals surface area contributed by atoms with E-state index in [-0.39, 0.29) is 32.6 Å². The summed E-state index contributed by atoms with van der Waals surface area (Å²) >= 11 is 0. The summed E-state index contributed by atoms with van der Waals surface area (Å²) < 4.78 is 32.4. The van der Waals surface area contributed by atoms with Crippen molar-refractivity contribution in [2.75, 3.05) is 26.4 Å². The maximum absolute atomic E-state index is 12.4. The molecule has 0 spiro atoms. The Kier molecular flexibility index (Phi) is 32.5. The topological polar surface area (TPSA) is 134 Å². The molecule has 0 aromatic heterocycles. The molecule has 48 heavy (non-hydrogen) atoms. The number of carbonyl (C=O) groups is 2. The van der Waals surface area contributed by atoms with E-state index in [0.29, 0.717) is 12.8 Å². The number of unbranched alkanes of at least 4 members (excludes halogenated alkanes) is 8. The standard InChI is InChI=1S/C38H64NO8P/c1-3-5-7-9-11-13-15-17-18-19-21-23-25-27-29-31-38(41)47-36(35-46-48(42,43)45-33-32-39)34-44-37(40)30-28-26-24-22-20-16-14-12-10-8-6-4-2/h5,7,11-14,17-18,21,23,27,29,36H,3-4,6,8-10,15-16,19-20,22,24-26,28,30-35,39H2,1-2H3,(H,42,43)/b7-5-,13-11-,14-12-,18-17-,23-21-,29-27-. The fourth-order valence-electron chi connectivity index (χ4n) is 4.23. The van der Waals surface area contributed by atoms with Crippen molar-refractivity contribution in [1.82, 2.24) is 0 Å². The normalized spacial score (nSPS) is 14.3. The first-order valence-corrected chi connectivity index (χ1v) is 19.4. The number of phosphoric ester groups is 1. The Labute approximate surface area is 291 Å². The van der Waals surface area contributed by atoms with Gasteiger partial charge in [0, 0.05) is 13.0 Å². The van der Waals surface area contributed by atoms with E-state index in [2.05, 4.69) is 68.5 Å². The van der Waals surface area contributed by atoms with E-state index in [1.165, 1.54) is 19.3 Å². The highest BCUT2D eigenvalue weighted by Gasteiger charge is 2.25. The van der Waals surface area contributed by atoms with E-state index < -0.39 is 32.5 Å². The molecule has 9 nitrogen and oxygen atoms in total. The fourth-order valence-corrected chi connectivity index (χ4v) is 5.00. The second kappa shape index (κ2) is 34.3. The molecule has 0 aliphatic heterocycles. The summed E-state index contributed by atoms with van der Waals surface area (Å²) in [7, 11) is -4.40. The third kappa shape index (κ3) is 33.4. The van der Waals surface area contributed by atoms with Crippen LogP contribution in [0.4, 0.5) is 0 Å². The quantitative estimate of drug-likeness (QED) is 0.0306. The van der Waals surface area contributed by atoms with Gasteiger partial charge in [0.15, 0.2) is 6.10 Å². The molecule has 0 radical (unpaired) electrons. The Bertz CT molecular complexity index is 1020. The minimum Gasteiger partial charge on any atom is -0.462 e. The largest absolute Gasteiger partial charge is 0.472 e. The number of allylic oxidation sites excluding steroid dienone is 11. The molecule has 10 heteroatoms. The van der Waals surface area contributed by atoms with Gasteiger partial charge in [0.25, 0.3) is 0 Å². The zero-order chi connectivity index (χ0) is 35.4. The molecule has 0 aliphatic rings. The maximum Gasteiger partial charge on any atom is 0.472 e. The smallest absolute Gasteiger partial charge is 0.462 e. The van der Waals surface area contributed by atoms with Crippen molar-refractivity contribution in [3.63, 3.8) is 0 Å². The second-order valence-corrected chi connectivity index (χ2v) is 12.8. The minimum atomic E-state index is -4.40. The van der Waals surface area contributed by atoms with Crippen LogP contribution in [-0.4, -0.2) is 49.3 Å². The van der Waals surface area contributed by atoms with Gasteiger partial charge in [-0.1, -0.05) is 119 Å². The highest BCUT2D eigenvalue weighted by molar-refractivity contribution is 7.47. The van der Waals surface area contributed by atoms with Gasteiger partial charge in [-0.05, 0) is 64.2 Å². The molecule has 0 aromatic rings. The maximum atomic E-state index is 12.4. The SMILES string of the molecule is CC/C=C\C/C=C\C/C=C\C/C=C\C/C=C\CC(=O)OC(COC(=O)CCCCCCC/C=C\CCCCC)COP(=O)(O)OCCN. The third-order valence-electron chi connectivity index (χ3n) is 6.86. The van der Waals surface area contributed by atoms with E-state index in [0.717, 1.165) is 64.2 Å². The molecule has 0 heterocycles. The van der Waals surface area contributed by atoms with Gasteiger partial charge < -0.3 is 20.1 Å². The summed E-state index contributed by atoms with van der Waals surface area (Å²) in [4.78, 5) is 34.6. The van der Waals surface area contributed by atoms with E-state index in [1.807, 2.05) is 12.2 Å². The summed E-state index contributed by atoms with van der Waals surface area (Å²) in [5.74, 6) is -0.997. The van der Waals surface area contributed by atoms with Gasteiger partial charge in [-0.3, -0.25) is 18.6 Å². The number of ether oxygens (including phenoxy) is 2. The van der Waals surface area contributed by atoms with Gasteiger partial charge in [-0.25, -0.2) is 4.57 Å². The number of esters is 2. The molecular weight excluding hydrogens is 629 g/mol. The summed E-state index contributed by atoms with van der Waals surface area (Å²) in [6.45, 7) is 3.43. The van der Waals surface area contributed by atoms with Crippen LogP contribution >= 0.6 is 7.82 Å². The number of phosphoric acid groups is 1. The average Bonchev–Trinajstić information content (AvgIpc) is 3.07. The van der Waals surface area contributed by atoms with E-state index in [1.54, 1.807) is 6.08 Å². The Morgan fingerprint density at radius 3 is 1.79 bits per heavy atom. The van der Waals surface area contributed by atoms with Crippen LogP contribution in [0.3, 0.4) is 0 Å². The average molecular weight is 694 g/mol. The molecule has 0 fully saturated rings. The van der Waals surface area contributed by atoms with E-state index in [4.69, 9.17) is 24.3 Å². The van der Waals surface area contributed by atoms with E-state index in [9.17, 15) is 19.0 Å². The highest BCUT2D eigenvalue weighted by Crippen LogP contribution is 2.43. The zero-order valence-corrected chi connectivity index (χ0v) is 30.6. The van der Waals surface area contributed by atoms with Crippen LogP contribution in [0.5, 0.6) is 0 Å². The van der Waals surface area contributed by atoms with Gasteiger partial charge in [-0.2, -0.15) is 0 Å². The van der Waals surface area contributed by atoms with Crippen molar-refractivity contribution < 1.29 is 37.6 Å². The number of hydrogen-bond acceptors (Lipinski definition) is 8. The second-order valence-electron chi connectivity index (χ2n) is 11.4. The van der Waals surface area contributed by atoms with Crippen molar-refractivity contribution in [3.8, 4) is 0 Å². The summed E-state index contributed by atoms with van der Waals surface area (Å²) in [6.07, 6.45) is 39.6. The van der Waals surface area contributed by atoms with Gasteiger partial charge in [0.2, 0.25) is 0 Å². The Morgan fingerprint density at radius 2 is 1.21 bits per heavy atom. The number of hydrogen-bond donors (Lipinski definition) is 2. The molecule has 0 aromatic carbocycles. The molecular formula is C38H64NO8P. The number of nitrogens with two attached hydrogens (primary N) is 1. The van der Waals surface area contributed by atoms with Crippen LogP contribution in [-0.2, 0) is 32.7 Å². The summed E-state index contributed by atoms with van der Waals surface area (Å²) in [6, 6.07) is 0. The first-order chi connectivity index (χ1) is 23.3. The van der Waals surface area contributed by atoms with Crippen molar-refractivity contribution in [2.24, 2.45) is 5.73 Å². The predicted octanol–water partition coefficient (Wildman–Crippen LogP) is 9.54. The lowest BCUT2D eigenvalue weighted by Crippen LogP contribution is -2.29. The first-order valence-electron chi connectivity index (χ1n) is 17.9. The van der Waals surface area contributed by atoms with Gasteiger partial charge in [-0.15, -0.1) is 0 Å². The third-order valence-corrected chi connectivity index (χ3v) is 7.84. The van der Waals surface area contributed by atoms with Crippen LogP contribution in [0.1, 0.15) is 123 Å². The molecule has 274 valence electrons. The van der Waals surface area contributed by atoms with Crippen molar-refractivity contribution in [1.29, 1.82) is 0 Å². The molecule has 0 aliphatic carbocycles. The molecule has 2 atom stereocenters. The van der Waals surface area contributed by atoms with Crippen LogP contribution in [0.25, 0.3) is 0 Å². The monoisotopic (exact) mass is 693 g/mol. The molecule has 0 rings (SSSR count). The minimum absolute atomic E-state index is 0.00687. The van der Waals surface area contributed by atoms with E-state index >= 15 is 0 Å². The van der Waals surface area contributed by atoms with Gasteiger partial charge >= 0.3 is 19.8 Å². The van der Waals surface area contributed by atoms with Crippen LogP contribution in [0, 0.1) is 0 Å². The Morgan fingerprint density at radius 1 is 0.667 bits per heavy atom. The molecule has 0 amide bonds. The Balaban J connectivity index is 4.45. The molecule has 0 saturated heterocycles. The molecule has 3 N–H and O–H groups in total. The van der Waals surface area contributed by atoms with Gasteiger partial charge in [0.05, 0.1) is 19.6 Å². The zero-order valence-electron chi connectivity index (χ0n) is 29.7. The Hall–Kier alpha value is -2.55. The lowest BCUT2D eigenvalue weighted by molar-refractivity contribution is -0.160. The number of rotatable bonds is 32. The number of carbonyl (C=O) groups excluding carboxylic acids is 2. The molecule has 2 unspecified atom stereocenters. The van der Waals surface area contributed by atoms with Crippen molar-refractivity contribution in [3.05, 3.63) is 72.9 Å². The molecule has 0 saturated carbocycles.